The molecule has 4 fully saturated rings. The predicted octanol–water partition coefficient (Wildman–Crippen LogP) is 7.46. The lowest BCUT2D eigenvalue weighted by Gasteiger charge is -2.46. The van der Waals surface area contributed by atoms with E-state index in [9.17, 15) is 0 Å². The zero-order valence-corrected chi connectivity index (χ0v) is 16.9. The smallest absolute Gasteiger partial charge is 0.00192 e. The Morgan fingerprint density at radius 3 is 1.96 bits per heavy atom. The van der Waals surface area contributed by atoms with Gasteiger partial charge in [0, 0.05) is 0 Å². The molecule has 25 heavy (non-hydrogen) atoms. The zero-order valence-electron chi connectivity index (χ0n) is 16.9. The molecule has 6 unspecified atom stereocenters. The summed E-state index contributed by atoms with van der Waals surface area (Å²) >= 11 is 0. The molecule has 138 valence electrons. The minimum Gasteiger partial charge on any atom is -0.0802 e. The molecule has 0 heteroatoms. The van der Waals surface area contributed by atoms with Crippen molar-refractivity contribution >= 4 is 0 Å². The van der Waals surface area contributed by atoms with Crippen LogP contribution in [0.3, 0.4) is 0 Å². The van der Waals surface area contributed by atoms with Crippen LogP contribution in [0.4, 0.5) is 0 Å². The van der Waals surface area contributed by atoms with Crippen LogP contribution >= 0.6 is 0 Å². The summed E-state index contributed by atoms with van der Waals surface area (Å²) < 4.78 is 0. The standard InChI is InChI=1S/C25H38/c1-4-24(15-18-9-11-20(24)13-18)22-7-6-8-23(17(22)3)25(5-2)16-19-10-12-21(25)14-19/h7,18-21H,4-6,8-16H2,1-3H3. The Hall–Kier alpha value is -0.520. The largest absolute Gasteiger partial charge is 0.0802 e. The average molecular weight is 339 g/mol. The highest BCUT2D eigenvalue weighted by molar-refractivity contribution is 5.46. The molecular weight excluding hydrogens is 300 g/mol. The fourth-order valence-corrected chi connectivity index (χ4v) is 8.92. The lowest BCUT2D eigenvalue weighted by molar-refractivity contribution is 0.186. The number of allylic oxidation sites excluding steroid dienone is 4. The fraction of sp³-hybridized carbons (Fsp3) is 0.840. The highest BCUT2D eigenvalue weighted by Crippen LogP contribution is 2.66. The fourth-order valence-electron chi connectivity index (χ4n) is 8.92. The van der Waals surface area contributed by atoms with Crippen LogP contribution in [0.2, 0.25) is 0 Å². The van der Waals surface area contributed by atoms with Crippen molar-refractivity contribution in [2.24, 2.45) is 34.5 Å². The molecule has 0 amide bonds. The van der Waals surface area contributed by atoms with E-state index < -0.39 is 0 Å². The molecular formula is C25H38. The van der Waals surface area contributed by atoms with Gasteiger partial charge in [0.05, 0.1) is 0 Å². The van der Waals surface area contributed by atoms with Crippen molar-refractivity contribution in [3.8, 4) is 0 Å². The monoisotopic (exact) mass is 338 g/mol. The van der Waals surface area contributed by atoms with Crippen LogP contribution in [0.15, 0.2) is 22.8 Å². The van der Waals surface area contributed by atoms with Crippen LogP contribution in [0.1, 0.15) is 97.8 Å². The Labute approximate surface area is 155 Å². The van der Waals surface area contributed by atoms with Crippen LogP contribution in [0.25, 0.3) is 0 Å². The molecule has 0 spiro atoms. The van der Waals surface area contributed by atoms with Gasteiger partial charge in [0.25, 0.3) is 0 Å². The van der Waals surface area contributed by atoms with Crippen LogP contribution in [-0.4, -0.2) is 0 Å². The Kier molecular flexibility index (Phi) is 3.82. The van der Waals surface area contributed by atoms with Gasteiger partial charge in [-0.15, -0.1) is 0 Å². The summed E-state index contributed by atoms with van der Waals surface area (Å²) in [7, 11) is 0. The van der Waals surface area contributed by atoms with E-state index in [4.69, 9.17) is 0 Å². The summed E-state index contributed by atoms with van der Waals surface area (Å²) in [6.45, 7) is 7.55. The average Bonchev–Trinajstić information content (AvgIpc) is 3.41. The van der Waals surface area contributed by atoms with Gasteiger partial charge in [0.1, 0.15) is 0 Å². The first kappa shape index (κ1) is 16.6. The topological polar surface area (TPSA) is 0 Å². The molecule has 6 atom stereocenters. The maximum Gasteiger partial charge on any atom is -0.00192 e. The molecule has 4 saturated carbocycles. The van der Waals surface area contributed by atoms with Crippen LogP contribution in [-0.2, 0) is 0 Å². The van der Waals surface area contributed by atoms with Crippen LogP contribution < -0.4 is 0 Å². The SMILES string of the molecule is CCC1(C2=CCCC(C3(CC)CC4CCC3C4)=C2C)CC2CCC1C2. The Morgan fingerprint density at radius 1 is 0.880 bits per heavy atom. The molecule has 0 saturated heterocycles. The first-order chi connectivity index (χ1) is 12.1. The highest BCUT2D eigenvalue weighted by atomic mass is 14.6. The van der Waals surface area contributed by atoms with Gasteiger partial charge in [-0.2, -0.15) is 0 Å². The van der Waals surface area contributed by atoms with Crippen molar-refractivity contribution in [1.82, 2.24) is 0 Å². The van der Waals surface area contributed by atoms with Gasteiger partial charge in [-0.1, -0.05) is 38.3 Å². The quantitative estimate of drug-likeness (QED) is 0.499. The van der Waals surface area contributed by atoms with Crippen molar-refractivity contribution < 1.29 is 0 Å². The lowest BCUT2D eigenvalue weighted by Crippen LogP contribution is -2.35. The van der Waals surface area contributed by atoms with Gasteiger partial charge in [0.15, 0.2) is 0 Å². The van der Waals surface area contributed by atoms with Crippen LogP contribution in [0, 0.1) is 34.5 Å². The molecule has 0 aromatic heterocycles. The van der Waals surface area contributed by atoms with E-state index in [1.54, 1.807) is 12.0 Å². The maximum atomic E-state index is 2.71. The molecule has 5 aliphatic carbocycles. The minimum absolute atomic E-state index is 0.561. The van der Waals surface area contributed by atoms with Gasteiger partial charge in [0.2, 0.25) is 0 Å². The van der Waals surface area contributed by atoms with Crippen LogP contribution in [0.5, 0.6) is 0 Å². The van der Waals surface area contributed by atoms with E-state index in [0.717, 1.165) is 23.7 Å². The molecule has 0 aromatic carbocycles. The second kappa shape index (κ2) is 5.74. The summed E-state index contributed by atoms with van der Waals surface area (Å²) in [5, 5.41) is 0. The Morgan fingerprint density at radius 2 is 1.48 bits per heavy atom. The van der Waals surface area contributed by atoms with Crippen molar-refractivity contribution in [2.75, 3.05) is 0 Å². The van der Waals surface area contributed by atoms with Crippen molar-refractivity contribution in [1.29, 1.82) is 0 Å². The molecule has 0 aromatic rings. The van der Waals surface area contributed by atoms with Crippen molar-refractivity contribution in [3.63, 3.8) is 0 Å². The van der Waals surface area contributed by atoms with Gasteiger partial charge in [-0.25, -0.2) is 0 Å². The predicted molar refractivity (Wildman–Crippen MR) is 106 cm³/mol. The molecule has 0 aliphatic heterocycles. The second-order valence-corrected chi connectivity index (χ2v) is 10.4. The van der Waals surface area contributed by atoms with Crippen molar-refractivity contribution in [2.45, 2.75) is 97.8 Å². The Balaban J connectivity index is 1.55. The van der Waals surface area contributed by atoms with E-state index in [1.165, 1.54) is 70.6 Å². The van der Waals surface area contributed by atoms with Gasteiger partial charge in [-0.3, -0.25) is 0 Å². The third kappa shape index (κ3) is 2.12. The molecule has 0 nitrogen and oxygen atoms in total. The van der Waals surface area contributed by atoms with E-state index in [2.05, 4.69) is 26.8 Å². The van der Waals surface area contributed by atoms with E-state index in [-0.39, 0.29) is 0 Å². The normalized spacial score (nSPS) is 48.5. The molecule has 5 aliphatic rings. The summed E-state index contributed by atoms with van der Waals surface area (Å²) in [4.78, 5) is 0. The number of hydrogen-bond acceptors (Lipinski definition) is 0. The van der Waals surface area contributed by atoms with Gasteiger partial charge >= 0.3 is 0 Å². The summed E-state index contributed by atoms with van der Waals surface area (Å²) in [6.07, 6.45) is 20.4. The number of hydrogen-bond donors (Lipinski definition) is 0. The Bertz CT molecular complexity index is 622. The summed E-state index contributed by atoms with van der Waals surface area (Å²) in [5.74, 6) is 4.12. The highest BCUT2D eigenvalue weighted by Gasteiger charge is 2.55. The van der Waals surface area contributed by atoms with Crippen molar-refractivity contribution in [3.05, 3.63) is 22.8 Å². The summed E-state index contributed by atoms with van der Waals surface area (Å²) in [5.41, 5.74) is 6.73. The maximum absolute atomic E-state index is 2.71. The van der Waals surface area contributed by atoms with E-state index in [0.29, 0.717) is 10.8 Å². The first-order valence-electron chi connectivity index (χ1n) is 11.5. The molecule has 5 rings (SSSR count). The molecule has 0 radical (unpaired) electrons. The van der Waals surface area contributed by atoms with E-state index >= 15 is 0 Å². The zero-order chi connectivity index (χ0) is 17.2. The van der Waals surface area contributed by atoms with E-state index in [1.807, 2.05) is 11.1 Å². The number of rotatable bonds is 4. The molecule has 0 heterocycles. The number of fused-ring (bicyclic) bond motifs is 4. The molecule has 4 bridgehead atoms. The first-order valence-corrected chi connectivity index (χ1v) is 11.5. The summed E-state index contributed by atoms with van der Waals surface area (Å²) in [6, 6.07) is 0. The van der Waals surface area contributed by atoms with Gasteiger partial charge in [-0.05, 0) is 117 Å². The lowest BCUT2D eigenvalue weighted by atomic mass is 9.58. The second-order valence-electron chi connectivity index (χ2n) is 10.4. The minimum atomic E-state index is 0.561. The van der Waals surface area contributed by atoms with Gasteiger partial charge < -0.3 is 0 Å². The third-order valence-electron chi connectivity index (χ3n) is 9.95. The molecule has 0 N–H and O–H groups in total. The third-order valence-corrected chi connectivity index (χ3v) is 9.95.